The fourth-order valence-corrected chi connectivity index (χ4v) is 3.03. The average Bonchev–Trinajstić information content (AvgIpc) is 2.95. The Kier molecular flexibility index (Phi) is 4.15. The van der Waals surface area contributed by atoms with E-state index in [-0.39, 0.29) is 6.04 Å². The van der Waals surface area contributed by atoms with Gasteiger partial charge in [0.15, 0.2) is 0 Å². The van der Waals surface area contributed by atoms with Crippen molar-refractivity contribution in [2.75, 3.05) is 6.54 Å². The zero-order valence-electron chi connectivity index (χ0n) is 12.6. The fraction of sp³-hybridized carbons (Fsp3) is 0.353. The Morgan fingerprint density at radius 2 is 2.27 bits per heavy atom. The molecular weight excluding hydrogens is 278 g/mol. The maximum atomic E-state index is 11.1. The van der Waals surface area contributed by atoms with Gasteiger partial charge in [-0.2, -0.15) is 0 Å². The van der Waals surface area contributed by atoms with Gasteiger partial charge in [-0.05, 0) is 44.0 Å². The summed E-state index contributed by atoms with van der Waals surface area (Å²) in [6, 6.07) is 7.42. The molecule has 5 nitrogen and oxygen atoms in total. The van der Waals surface area contributed by atoms with Gasteiger partial charge in [0.2, 0.25) is 0 Å². The molecule has 1 atom stereocenters. The molecule has 1 aromatic carbocycles. The molecule has 22 heavy (non-hydrogen) atoms. The van der Waals surface area contributed by atoms with E-state index in [1.54, 1.807) is 24.4 Å². The van der Waals surface area contributed by atoms with Crippen LogP contribution in [0.2, 0.25) is 0 Å². The first-order valence-electron chi connectivity index (χ1n) is 7.48. The molecule has 1 aliphatic rings. The largest absolute Gasteiger partial charge is 0.478 e. The zero-order chi connectivity index (χ0) is 15.5. The second-order valence-corrected chi connectivity index (χ2v) is 5.72. The summed E-state index contributed by atoms with van der Waals surface area (Å²) in [7, 11) is 0. The predicted octanol–water partition coefficient (Wildman–Crippen LogP) is 2.82. The lowest BCUT2D eigenvalue weighted by atomic mass is 10.1. The minimum atomic E-state index is -0.885. The summed E-state index contributed by atoms with van der Waals surface area (Å²) in [5, 5.41) is 9.10. The van der Waals surface area contributed by atoms with Crippen LogP contribution in [0.4, 0.5) is 0 Å². The minimum absolute atomic E-state index is 0.265. The minimum Gasteiger partial charge on any atom is -0.478 e. The monoisotopic (exact) mass is 297 g/mol. The van der Waals surface area contributed by atoms with E-state index in [1.165, 1.54) is 0 Å². The summed E-state index contributed by atoms with van der Waals surface area (Å²) in [6.45, 7) is 3.69. The quantitative estimate of drug-likeness (QED) is 0.940. The van der Waals surface area contributed by atoms with Crippen LogP contribution in [0, 0.1) is 6.92 Å². The third-order valence-corrected chi connectivity index (χ3v) is 4.04. The van der Waals surface area contributed by atoms with Crippen LogP contribution in [0.15, 0.2) is 36.7 Å². The highest BCUT2D eigenvalue weighted by Crippen LogP contribution is 2.31. The van der Waals surface area contributed by atoms with Crippen LogP contribution in [0.25, 0.3) is 0 Å². The van der Waals surface area contributed by atoms with Crippen molar-refractivity contribution in [1.82, 2.24) is 14.9 Å². The Hall–Kier alpha value is -2.27. The number of carboxylic acid groups (broad SMARTS) is 1. The number of aromatic nitrogens is 2. The Balaban J connectivity index is 1.79. The molecule has 5 heteroatoms. The summed E-state index contributed by atoms with van der Waals surface area (Å²) in [5.41, 5.74) is 3.29. The molecule has 1 N–H and O–H groups in total. The predicted molar refractivity (Wildman–Crippen MR) is 82.6 cm³/mol. The van der Waals surface area contributed by atoms with E-state index in [2.05, 4.69) is 14.9 Å². The molecule has 0 aliphatic carbocycles. The molecule has 0 spiro atoms. The number of carboxylic acids is 1. The molecule has 0 amide bonds. The SMILES string of the molecule is Cc1cncc(C2CCCN2Cc2cccc(C(=O)O)c2)n1. The van der Waals surface area contributed by atoms with Crippen molar-refractivity contribution in [3.63, 3.8) is 0 Å². The molecule has 2 aromatic rings. The molecule has 1 fully saturated rings. The topological polar surface area (TPSA) is 66.3 Å². The van der Waals surface area contributed by atoms with Crippen LogP contribution in [0.3, 0.4) is 0 Å². The molecular formula is C17H19N3O2. The summed E-state index contributed by atoms with van der Waals surface area (Å²) in [6.07, 6.45) is 5.79. The number of aromatic carboxylic acids is 1. The smallest absolute Gasteiger partial charge is 0.335 e. The molecule has 2 heterocycles. The number of carbonyl (C=O) groups is 1. The molecule has 0 bridgehead atoms. The van der Waals surface area contributed by atoms with E-state index in [0.717, 1.165) is 42.9 Å². The van der Waals surface area contributed by atoms with Crippen LogP contribution in [-0.4, -0.2) is 32.5 Å². The van der Waals surface area contributed by atoms with E-state index >= 15 is 0 Å². The van der Waals surface area contributed by atoms with Gasteiger partial charge < -0.3 is 5.11 Å². The van der Waals surface area contributed by atoms with Crippen molar-refractivity contribution in [1.29, 1.82) is 0 Å². The Morgan fingerprint density at radius 3 is 3.05 bits per heavy atom. The summed E-state index contributed by atoms with van der Waals surface area (Å²) in [4.78, 5) is 22.3. The molecule has 1 unspecified atom stereocenters. The highest BCUT2D eigenvalue weighted by Gasteiger charge is 2.27. The first kappa shape index (κ1) is 14.7. The number of benzene rings is 1. The highest BCUT2D eigenvalue weighted by molar-refractivity contribution is 5.87. The number of likely N-dealkylation sites (tertiary alicyclic amines) is 1. The standard InChI is InChI=1S/C17H19N3O2/c1-12-9-18-10-15(19-12)16-6-3-7-20(16)11-13-4-2-5-14(8-13)17(21)22/h2,4-5,8-10,16H,3,6-7,11H2,1H3,(H,21,22). The maximum Gasteiger partial charge on any atom is 0.335 e. The van der Waals surface area contributed by atoms with Crippen LogP contribution < -0.4 is 0 Å². The van der Waals surface area contributed by atoms with Crippen molar-refractivity contribution in [3.05, 3.63) is 59.2 Å². The van der Waals surface area contributed by atoms with Gasteiger partial charge in [0.05, 0.1) is 23.0 Å². The third kappa shape index (κ3) is 3.14. The Labute approximate surface area is 129 Å². The zero-order valence-corrected chi connectivity index (χ0v) is 12.6. The maximum absolute atomic E-state index is 11.1. The van der Waals surface area contributed by atoms with Crippen LogP contribution in [0.5, 0.6) is 0 Å². The first-order chi connectivity index (χ1) is 10.6. The first-order valence-corrected chi connectivity index (χ1v) is 7.48. The number of aryl methyl sites for hydroxylation is 1. The second kappa shape index (κ2) is 6.23. The Bertz CT molecular complexity index is 687. The van der Waals surface area contributed by atoms with E-state index in [9.17, 15) is 4.79 Å². The highest BCUT2D eigenvalue weighted by atomic mass is 16.4. The van der Waals surface area contributed by atoms with Gasteiger partial charge in [-0.25, -0.2) is 4.79 Å². The van der Waals surface area contributed by atoms with Crippen LogP contribution >= 0.6 is 0 Å². The third-order valence-electron chi connectivity index (χ3n) is 4.04. The lowest BCUT2D eigenvalue weighted by molar-refractivity contribution is 0.0696. The van der Waals surface area contributed by atoms with Gasteiger partial charge in [-0.1, -0.05) is 12.1 Å². The van der Waals surface area contributed by atoms with E-state index in [4.69, 9.17) is 5.11 Å². The summed E-state index contributed by atoms with van der Waals surface area (Å²) < 4.78 is 0. The van der Waals surface area contributed by atoms with E-state index in [0.29, 0.717) is 5.56 Å². The van der Waals surface area contributed by atoms with Crippen LogP contribution in [-0.2, 0) is 6.54 Å². The number of nitrogens with zero attached hydrogens (tertiary/aromatic N) is 3. The fourth-order valence-electron chi connectivity index (χ4n) is 3.03. The lowest BCUT2D eigenvalue weighted by Gasteiger charge is -2.24. The van der Waals surface area contributed by atoms with E-state index < -0.39 is 5.97 Å². The molecule has 1 saturated heterocycles. The van der Waals surface area contributed by atoms with Gasteiger partial charge in [0, 0.05) is 18.9 Å². The Morgan fingerprint density at radius 1 is 1.41 bits per heavy atom. The van der Waals surface area contributed by atoms with Crippen molar-refractivity contribution < 1.29 is 9.90 Å². The average molecular weight is 297 g/mol. The molecule has 114 valence electrons. The summed E-state index contributed by atoms with van der Waals surface area (Å²) >= 11 is 0. The number of hydrogen-bond acceptors (Lipinski definition) is 4. The van der Waals surface area contributed by atoms with Crippen molar-refractivity contribution >= 4 is 5.97 Å². The van der Waals surface area contributed by atoms with Crippen molar-refractivity contribution in [2.24, 2.45) is 0 Å². The van der Waals surface area contributed by atoms with Crippen molar-refractivity contribution in [3.8, 4) is 0 Å². The molecule has 1 aromatic heterocycles. The molecule has 3 rings (SSSR count). The van der Waals surface area contributed by atoms with E-state index in [1.807, 2.05) is 19.2 Å². The van der Waals surface area contributed by atoms with Crippen molar-refractivity contribution in [2.45, 2.75) is 32.4 Å². The summed E-state index contributed by atoms with van der Waals surface area (Å²) in [5.74, 6) is -0.885. The van der Waals surface area contributed by atoms with Gasteiger partial charge in [-0.15, -0.1) is 0 Å². The normalized spacial score (nSPS) is 18.5. The van der Waals surface area contributed by atoms with Gasteiger partial charge >= 0.3 is 5.97 Å². The number of hydrogen-bond donors (Lipinski definition) is 1. The van der Waals surface area contributed by atoms with Crippen LogP contribution in [0.1, 0.15) is 46.2 Å². The van der Waals surface area contributed by atoms with Gasteiger partial charge in [-0.3, -0.25) is 14.9 Å². The molecule has 1 aliphatic heterocycles. The number of rotatable bonds is 4. The second-order valence-electron chi connectivity index (χ2n) is 5.72. The van der Waals surface area contributed by atoms with Gasteiger partial charge in [0.25, 0.3) is 0 Å². The lowest BCUT2D eigenvalue weighted by Crippen LogP contribution is -2.23. The van der Waals surface area contributed by atoms with Gasteiger partial charge in [0.1, 0.15) is 0 Å². The molecule has 0 saturated carbocycles. The molecule has 0 radical (unpaired) electrons.